The Morgan fingerprint density at radius 3 is 1.87 bits per heavy atom. The van der Waals surface area contributed by atoms with Crippen LogP contribution in [0.15, 0.2) is 109 Å². The van der Waals surface area contributed by atoms with Gasteiger partial charge in [-0.2, -0.15) is 0 Å². The Bertz CT molecular complexity index is 1280. The van der Waals surface area contributed by atoms with E-state index in [4.69, 9.17) is 9.47 Å². The largest absolute Gasteiger partial charge is 0.493 e. The van der Waals surface area contributed by atoms with Crippen LogP contribution in [0.5, 0.6) is 5.75 Å². The Labute approximate surface area is 229 Å². The highest BCUT2D eigenvalue weighted by Crippen LogP contribution is 2.26. The molecule has 4 aromatic carbocycles. The number of hydrogen-bond acceptors (Lipinski definition) is 4. The van der Waals surface area contributed by atoms with Crippen molar-refractivity contribution < 1.29 is 24.2 Å². The van der Waals surface area contributed by atoms with Gasteiger partial charge in [0.1, 0.15) is 5.75 Å². The van der Waals surface area contributed by atoms with E-state index in [1.54, 1.807) is 6.92 Å². The van der Waals surface area contributed by atoms with E-state index in [-0.39, 0.29) is 5.91 Å². The Hall–Kier alpha value is -4.42. The van der Waals surface area contributed by atoms with Gasteiger partial charge in [-0.3, -0.25) is 4.79 Å². The number of amides is 1. The second-order valence-corrected chi connectivity index (χ2v) is 9.17. The quantitative estimate of drug-likeness (QED) is 0.221. The zero-order chi connectivity index (χ0) is 27.5. The average Bonchev–Trinajstić information content (AvgIpc) is 2.96. The molecule has 39 heavy (non-hydrogen) atoms. The number of carbonyl (C=O) groups excluding carboxylic acids is 1. The fourth-order valence-corrected chi connectivity index (χ4v) is 4.40. The molecule has 0 aromatic heterocycles. The summed E-state index contributed by atoms with van der Waals surface area (Å²) in [6.45, 7) is 2.63. The van der Waals surface area contributed by atoms with Crippen LogP contribution in [0.3, 0.4) is 0 Å². The molecule has 200 valence electrons. The Morgan fingerprint density at radius 1 is 0.769 bits per heavy atom. The summed E-state index contributed by atoms with van der Waals surface area (Å²) in [5.41, 5.74) is 4.60. The third-order valence-electron chi connectivity index (χ3n) is 6.40. The number of hydrogen-bond donors (Lipinski definition) is 2. The van der Waals surface area contributed by atoms with Crippen LogP contribution in [0.1, 0.15) is 35.1 Å². The maximum absolute atomic E-state index is 13.3. The Kier molecular flexibility index (Phi) is 9.86. The van der Waals surface area contributed by atoms with Crippen LogP contribution in [0.25, 0.3) is 0 Å². The Balaban J connectivity index is 1.30. The molecule has 0 bridgehead atoms. The van der Waals surface area contributed by atoms with Gasteiger partial charge in [-0.1, -0.05) is 84.9 Å². The predicted octanol–water partition coefficient (Wildman–Crippen LogP) is 6.11. The van der Waals surface area contributed by atoms with Gasteiger partial charge in [-0.15, -0.1) is 0 Å². The molecule has 0 aliphatic carbocycles. The third kappa shape index (κ3) is 8.03. The van der Waals surface area contributed by atoms with Gasteiger partial charge in [0.05, 0.1) is 12.5 Å². The number of benzene rings is 4. The maximum atomic E-state index is 13.3. The van der Waals surface area contributed by atoms with Crippen molar-refractivity contribution in [2.45, 2.75) is 31.8 Å². The lowest BCUT2D eigenvalue weighted by Gasteiger charge is -2.18. The van der Waals surface area contributed by atoms with Gasteiger partial charge in [0.2, 0.25) is 5.91 Å². The molecule has 1 atom stereocenters. The molecular formula is C33H33NO5. The van der Waals surface area contributed by atoms with E-state index in [9.17, 15) is 14.7 Å². The minimum absolute atomic E-state index is 0.0807. The molecule has 0 unspecified atom stereocenters. The zero-order valence-corrected chi connectivity index (χ0v) is 22.0. The molecule has 0 fully saturated rings. The second kappa shape index (κ2) is 13.9. The smallest absolute Gasteiger partial charge is 0.333 e. The number of carboxylic acid groups (broad SMARTS) is 1. The van der Waals surface area contributed by atoms with Gasteiger partial charge in [-0.25, -0.2) is 4.79 Å². The minimum Gasteiger partial charge on any atom is -0.493 e. The van der Waals surface area contributed by atoms with Crippen molar-refractivity contribution in [3.8, 4) is 5.75 Å². The first-order valence-electron chi connectivity index (χ1n) is 13.1. The molecule has 2 N–H and O–H groups in total. The van der Waals surface area contributed by atoms with E-state index in [0.717, 1.165) is 33.7 Å². The van der Waals surface area contributed by atoms with Gasteiger partial charge in [-0.05, 0) is 53.4 Å². The van der Waals surface area contributed by atoms with Crippen LogP contribution in [-0.4, -0.2) is 36.3 Å². The normalized spacial score (nSPS) is 11.6. The molecule has 4 aromatic rings. The van der Waals surface area contributed by atoms with E-state index < -0.39 is 18.0 Å². The van der Waals surface area contributed by atoms with Gasteiger partial charge in [0.25, 0.3) is 0 Å². The van der Waals surface area contributed by atoms with Crippen molar-refractivity contribution in [3.63, 3.8) is 0 Å². The molecule has 6 heteroatoms. The fourth-order valence-electron chi connectivity index (χ4n) is 4.40. The van der Waals surface area contributed by atoms with Crippen LogP contribution in [0, 0.1) is 0 Å². The fraction of sp³-hybridized carbons (Fsp3) is 0.212. The highest BCUT2D eigenvalue weighted by Gasteiger charge is 2.22. The lowest BCUT2D eigenvalue weighted by molar-refractivity contribution is -0.149. The molecular weight excluding hydrogens is 490 g/mol. The Morgan fingerprint density at radius 2 is 1.33 bits per heavy atom. The zero-order valence-electron chi connectivity index (χ0n) is 22.0. The van der Waals surface area contributed by atoms with Crippen LogP contribution >= 0.6 is 0 Å². The number of aliphatic carboxylic acids is 1. The lowest BCUT2D eigenvalue weighted by atomic mass is 9.90. The molecule has 0 spiro atoms. The summed E-state index contributed by atoms with van der Waals surface area (Å²) in [4.78, 5) is 24.6. The van der Waals surface area contributed by atoms with Crippen molar-refractivity contribution in [1.82, 2.24) is 0 Å². The molecule has 6 nitrogen and oxygen atoms in total. The van der Waals surface area contributed by atoms with Crippen molar-refractivity contribution in [1.29, 1.82) is 0 Å². The first kappa shape index (κ1) is 27.6. The number of carbonyl (C=O) groups is 2. The highest BCUT2D eigenvalue weighted by molar-refractivity contribution is 5.98. The lowest BCUT2D eigenvalue weighted by Crippen LogP contribution is -2.26. The SMILES string of the molecule is CCO[C@@H](Cc1ccc(OCCc2ccc(NC(=O)C(c3ccccc3)c3ccccc3)cc2)cc1)C(=O)O. The third-order valence-corrected chi connectivity index (χ3v) is 6.40. The van der Waals surface area contributed by atoms with Crippen molar-refractivity contribution in [3.05, 3.63) is 131 Å². The van der Waals surface area contributed by atoms with Crippen LogP contribution in [0.2, 0.25) is 0 Å². The van der Waals surface area contributed by atoms with Crippen LogP contribution in [0.4, 0.5) is 5.69 Å². The monoisotopic (exact) mass is 523 g/mol. The van der Waals surface area contributed by atoms with Crippen LogP contribution in [-0.2, 0) is 27.2 Å². The van der Waals surface area contributed by atoms with E-state index >= 15 is 0 Å². The number of carboxylic acids is 1. The van der Waals surface area contributed by atoms with E-state index in [1.165, 1.54) is 0 Å². The minimum atomic E-state index is -0.963. The van der Waals surface area contributed by atoms with E-state index in [2.05, 4.69) is 5.32 Å². The summed E-state index contributed by atoms with van der Waals surface area (Å²) < 4.78 is 11.2. The summed E-state index contributed by atoms with van der Waals surface area (Å²) in [5.74, 6) is -0.724. The average molecular weight is 524 g/mol. The standard InChI is InChI=1S/C33H33NO5/c1-2-38-30(33(36)37)23-25-15-19-29(20-16-25)39-22-21-24-13-17-28(18-14-24)34-32(35)31(26-9-5-3-6-10-26)27-11-7-4-8-12-27/h3-20,30-31H,2,21-23H2,1H3,(H,34,35)(H,36,37)/t30-/m0/s1. The van der Waals surface area contributed by atoms with Gasteiger partial charge in [0.15, 0.2) is 6.10 Å². The van der Waals surface area contributed by atoms with E-state index in [0.29, 0.717) is 26.1 Å². The summed E-state index contributed by atoms with van der Waals surface area (Å²) in [7, 11) is 0. The molecule has 0 aliphatic heterocycles. The first-order valence-corrected chi connectivity index (χ1v) is 13.1. The second-order valence-electron chi connectivity index (χ2n) is 9.17. The molecule has 0 saturated heterocycles. The molecule has 0 aliphatic rings. The highest BCUT2D eigenvalue weighted by atomic mass is 16.5. The number of nitrogens with one attached hydrogen (secondary N) is 1. The molecule has 0 radical (unpaired) electrons. The summed E-state index contributed by atoms with van der Waals surface area (Å²) in [5, 5.41) is 12.3. The summed E-state index contributed by atoms with van der Waals surface area (Å²) >= 11 is 0. The molecule has 4 rings (SSSR count). The molecule has 1 amide bonds. The number of ether oxygens (including phenoxy) is 2. The summed E-state index contributed by atoms with van der Waals surface area (Å²) in [6.07, 6.45) is 0.166. The van der Waals surface area contributed by atoms with Crippen molar-refractivity contribution in [2.24, 2.45) is 0 Å². The predicted molar refractivity (Wildman–Crippen MR) is 152 cm³/mol. The maximum Gasteiger partial charge on any atom is 0.333 e. The van der Waals surface area contributed by atoms with Gasteiger partial charge >= 0.3 is 5.97 Å². The molecule has 0 heterocycles. The summed E-state index contributed by atoms with van der Waals surface area (Å²) in [6, 6.07) is 34.8. The van der Waals surface area contributed by atoms with Crippen LogP contribution < -0.4 is 10.1 Å². The topological polar surface area (TPSA) is 84.9 Å². The number of anilines is 1. The first-order chi connectivity index (χ1) is 19.0. The van der Waals surface area contributed by atoms with Gasteiger partial charge in [0, 0.05) is 25.1 Å². The van der Waals surface area contributed by atoms with Crippen molar-refractivity contribution in [2.75, 3.05) is 18.5 Å². The van der Waals surface area contributed by atoms with E-state index in [1.807, 2.05) is 109 Å². The van der Waals surface area contributed by atoms with Crippen molar-refractivity contribution >= 4 is 17.6 Å². The molecule has 0 saturated carbocycles. The number of rotatable bonds is 13. The van der Waals surface area contributed by atoms with Gasteiger partial charge < -0.3 is 19.9 Å².